The van der Waals surface area contributed by atoms with Gasteiger partial charge < -0.3 is 14.7 Å². The van der Waals surface area contributed by atoms with Crippen LogP contribution in [0.4, 0.5) is 0 Å². The Balaban J connectivity index is 1.84. The lowest BCUT2D eigenvalue weighted by atomic mass is 9.96. The molecular formula is C21H26ClN3O3. The Morgan fingerprint density at radius 2 is 2.07 bits per heavy atom. The highest BCUT2D eigenvalue weighted by Gasteiger charge is 2.38. The van der Waals surface area contributed by atoms with Crippen LogP contribution in [0.15, 0.2) is 34.9 Å². The highest BCUT2D eigenvalue weighted by atomic mass is 35.5. The van der Waals surface area contributed by atoms with Crippen molar-refractivity contribution in [2.24, 2.45) is 5.92 Å². The normalized spacial score (nSPS) is 19.8. The molecule has 0 radical (unpaired) electrons. The molecule has 1 aromatic carbocycles. The molecule has 1 saturated heterocycles. The second-order valence-electron chi connectivity index (χ2n) is 7.68. The van der Waals surface area contributed by atoms with E-state index in [0.29, 0.717) is 23.7 Å². The molecule has 3 rings (SSSR count). The summed E-state index contributed by atoms with van der Waals surface area (Å²) in [5.41, 5.74) is 1.37. The zero-order chi connectivity index (χ0) is 20.3. The summed E-state index contributed by atoms with van der Waals surface area (Å²) in [5.74, 6) is 0.0373. The molecular weight excluding hydrogens is 378 g/mol. The summed E-state index contributed by atoms with van der Waals surface area (Å²) < 4.78 is 5.34. The van der Waals surface area contributed by atoms with Crippen LogP contribution in [0.1, 0.15) is 50.6 Å². The fourth-order valence-electron chi connectivity index (χ4n) is 3.54. The predicted octanol–water partition coefficient (Wildman–Crippen LogP) is 4.15. The van der Waals surface area contributed by atoms with E-state index < -0.39 is 6.04 Å². The lowest BCUT2D eigenvalue weighted by molar-refractivity contribution is -0.130. The molecule has 2 aromatic rings. The van der Waals surface area contributed by atoms with Gasteiger partial charge in [0.15, 0.2) is 0 Å². The van der Waals surface area contributed by atoms with E-state index >= 15 is 0 Å². The largest absolute Gasteiger partial charge is 0.350 e. The van der Waals surface area contributed by atoms with Crippen LogP contribution in [-0.4, -0.2) is 40.5 Å². The third-order valence-electron chi connectivity index (χ3n) is 4.90. The van der Waals surface area contributed by atoms with Crippen molar-refractivity contribution in [2.45, 2.75) is 52.1 Å². The van der Waals surface area contributed by atoms with E-state index in [2.05, 4.69) is 17.4 Å². The van der Waals surface area contributed by atoms with E-state index in [9.17, 15) is 9.59 Å². The zero-order valence-electron chi connectivity index (χ0n) is 16.4. The van der Waals surface area contributed by atoms with Gasteiger partial charge in [0.2, 0.25) is 11.7 Å². The summed E-state index contributed by atoms with van der Waals surface area (Å²) in [7, 11) is 0. The standard InChI is InChI=1S/C21H26ClN3O3/c1-4-5-16-12-25(18(10-13(2)3)20(26)23-16)21(27)19-11-17(24-28-19)14-6-8-15(22)9-7-14/h6-9,11,13,16,18H,4-5,10,12H2,1-3H3,(H,23,26). The first-order valence-electron chi connectivity index (χ1n) is 9.73. The Morgan fingerprint density at radius 3 is 2.71 bits per heavy atom. The molecule has 1 N–H and O–H groups in total. The number of aromatic nitrogens is 1. The molecule has 0 spiro atoms. The molecule has 2 amide bonds. The SMILES string of the molecule is CCCC1CN(C(=O)c2cc(-c3ccc(Cl)cc3)no2)C(CC(C)C)C(=O)N1. The quantitative estimate of drug-likeness (QED) is 0.786. The number of hydrogen-bond donors (Lipinski definition) is 1. The first-order valence-corrected chi connectivity index (χ1v) is 10.1. The van der Waals surface area contributed by atoms with E-state index in [1.165, 1.54) is 0 Å². The Bertz CT molecular complexity index is 832. The maximum Gasteiger partial charge on any atom is 0.293 e. The number of piperazine rings is 1. The minimum Gasteiger partial charge on any atom is -0.350 e. The van der Waals surface area contributed by atoms with Crippen LogP contribution in [-0.2, 0) is 4.79 Å². The third kappa shape index (κ3) is 4.55. The van der Waals surface area contributed by atoms with Crippen LogP contribution in [0.25, 0.3) is 11.3 Å². The number of amides is 2. The zero-order valence-corrected chi connectivity index (χ0v) is 17.2. The Morgan fingerprint density at radius 1 is 1.36 bits per heavy atom. The fourth-order valence-corrected chi connectivity index (χ4v) is 3.67. The average Bonchev–Trinajstić information content (AvgIpc) is 3.14. The number of nitrogens with zero attached hydrogens (tertiary/aromatic N) is 2. The van der Waals surface area contributed by atoms with Gasteiger partial charge in [-0.25, -0.2) is 0 Å². The Labute approximate surface area is 170 Å². The third-order valence-corrected chi connectivity index (χ3v) is 5.15. The minimum atomic E-state index is -0.496. The molecule has 0 saturated carbocycles. The van der Waals surface area contributed by atoms with Crippen molar-refractivity contribution in [1.29, 1.82) is 0 Å². The maximum absolute atomic E-state index is 13.2. The molecule has 2 heterocycles. The van der Waals surface area contributed by atoms with Crippen LogP contribution in [0, 0.1) is 5.92 Å². The number of hydrogen-bond acceptors (Lipinski definition) is 4. The number of halogens is 1. The molecule has 7 heteroatoms. The van der Waals surface area contributed by atoms with Crippen molar-refractivity contribution in [3.63, 3.8) is 0 Å². The van der Waals surface area contributed by atoms with Gasteiger partial charge in [-0.1, -0.05) is 56.1 Å². The van der Waals surface area contributed by atoms with Crippen molar-refractivity contribution in [1.82, 2.24) is 15.4 Å². The van der Waals surface area contributed by atoms with Crippen molar-refractivity contribution in [3.8, 4) is 11.3 Å². The Hall–Kier alpha value is -2.34. The lowest BCUT2D eigenvalue weighted by Crippen LogP contribution is -2.61. The van der Waals surface area contributed by atoms with Crippen LogP contribution in [0.2, 0.25) is 5.02 Å². The van der Waals surface area contributed by atoms with Gasteiger partial charge >= 0.3 is 0 Å². The number of benzene rings is 1. The van der Waals surface area contributed by atoms with Crippen molar-refractivity contribution >= 4 is 23.4 Å². The van der Waals surface area contributed by atoms with Crippen LogP contribution in [0.3, 0.4) is 0 Å². The molecule has 1 aliphatic rings. The summed E-state index contributed by atoms with van der Waals surface area (Å²) in [6.07, 6.45) is 2.37. The molecule has 0 bridgehead atoms. The van der Waals surface area contributed by atoms with Gasteiger partial charge in [-0.3, -0.25) is 9.59 Å². The van der Waals surface area contributed by atoms with Gasteiger partial charge in [0, 0.05) is 29.2 Å². The van der Waals surface area contributed by atoms with E-state index in [-0.39, 0.29) is 29.5 Å². The monoisotopic (exact) mass is 403 g/mol. The molecule has 1 aliphatic heterocycles. The van der Waals surface area contributed by atoms with Gasteiger partial charge in [0.25, 0.3) is 5.91 Å². The van der Waals surface area contributed by atoms with Crippen LogP contribution < -0.4 is 5.32 Å². The lowest BCUT2D eigenvalue weighted by Gasteiger charge is -2.39. The average molecular weight is 404 g/mol. The van der Waals surface area contributed by atoms with Gasteiger partial charge in [-0.15, -0.1) is 0 Å². The maximum atomic E-state index is 13.2. The van der Waals surface area contributed by atoms with E-state index in [4.69, 9.17) is 16.1 Å². The topological polar surface area (TPSA) is 75.4 Å². The molecule has 0 aliphatic carbocycles. The molecule has 1 aromatic heterocycles. The molecule has 2 unspecified atom stereocenters. The predicted molar refractivity (Wildman–Crippen MR) is 108 cm³/mol. The van der Waals surface area contributed by atoms with Gasteiger partial charge in [-0.2, -0.15) is 0 Å². The van der Waals surface area contributed by atoms with Crippen molar-refractivity contribution in [3.05, 3.63) is 41.1 Å². The summed E-state index contributed by atoms with van der Waals surface area (Å²) in [6, 6.07) is 8.25. The van der Waals surface area contributed by atoms with Crippen molar-refractivity contribution < 1.29 is 14.1 Å². The number of carbonyl (C=O) groups is 2. The minimum absolute atomic E-state index is 0.0384. The number of nitrogens with one attached hydrogen (secondary N) is 1. The smallest absolute Gasteiger partial charge is 0.293 e. The highest BCUT2D eigenvalue weighted by molar-refractivity contribution is 6.30. The molecule has 150 valence electrons. The van der Waals surface area contributed by atoms with Crippen LogP contribution >= 0.6 is 11.6 Å². The molecule has 2 atom stereocenters. The van der Waals surface area contributed by atoms with Gasteiger partial charge in [-0.05, 0) is 30.9 Å². The summed E-state index contributed by atoms with van der Waals surface area (Å²) in [4.78, 5) is 27.5. The van der Waals surface area contributed by atoms with Gasteiger partial charge in [0.1, 0.15) is 11.7 Å². The first-order chi connectivity index (χ1) is 13.4. The van der Waals surface area contributed by atoms with E-state index in [1.54, 1.807) is 23.1 Å². The van der Waals surface area contributed by atoms with Crippen molar-refractivity contribution in [2.75, 3.05) is 6.54 Å². The van der Waals surface area contributed by atoms with Crippen LogP contribution in [0.5, 0.6) is 0 Å². The molecule has 28 heavy (non-hydrogen) atoms. The summed E-state index contributed by atoms with van der Waals surface area (Å²) >= 11 is 5.92. The molecule has 1 fully saturated rings. The first kappa shape index (κ1) is 20.4. The second-order valence-corrected chi connectivity index (χ2v) is 8.12. The number of rotatable bonds is 6. The van der Waals surface area contributed by atoms with E-state index in [0.717, 1.165) is 18.4 Å². The summed E-state index contributed by atoms with van der Waals surface area (Å²) in [5, 5.41) is 7.71. The fraction of sp³-hybridized carbons (Fsp3) is 0.476. The Kier molecular flexibility index (Phi) is 6.39. The number of carbonyl (C=O) groups excluding carboxylic acids is 2. The molecule has 6 nitrogen and oxygen atoms in total. The second kappa shape index (κ2) is 8.78. The van der Waals surface area contributed by atoms with E-state index in [1.807, 2.05) is 26.0 Å². The summed E-state index contributed by atoms with van der Waals surface area (Å²) in [6.45, 7) is 6.63. The van der Waals surface area contributed by atoms with Gasteiger partial charge in [0.05, 0.1) is 0 Å². The highest BCUT2D eigenvalue weighted by Crippen LogP contribution is 2.25.